The molecule has 1 atom stereocenters. The molecule has 1 heterocycles. The van der Waals surface area contributed by atoms with Crippen molar-refractivity contribution in [3.8, 4) is 11.5 Å². The number of hydrogen-bond donors (Lipinski definition) is 1. The van der Waals surface area contributed by atoms with Crippen LogP contribution in [-0.4, -0.2) is 19.1 Å². The van der Waals surface area contributed by atoms with E-state index in [1.165, 1.54) is 0 Å². The van der Waals surface area contributed by atoms with E-state index < -0.39 is 0 Å². The minimum atomic E-state index is -0.206. The first-order valence-electron chi connectivity index (χ1n) is 7.28. The SMILES string of the molecule is CCC(C)NC(=O)c1ccc(COc2cccc(OC)c2)o1. The van der Waals surface area contributed by atoms with Crippen LogP contribution in [0.1, 0.15) is 36.6 Å². The summed E-state index contributed by atoms with van der Waals surface area (Å²) >= 11 is 0. The number of ether oxygens (including phenoxy) is 2. The number of benzene rings is 1. The third kappa shape index (κ3) is 4.28. The second-order valence-electron chi connectivity index (χ2n) is 5.02. The summed E-state index contributed by atoms with van der Waals surface area (Å²) in [5, 5.41) is 2.86. The van der Waals surface area contributed by atoms with Crippen LogP contribution >= 0.6 is 0 Å². The topological polar surface area (TPSA) is 60.7 Å². The summed E-state index contributed by atoms with van der Waals surface area (Å²) in [5.74, 6) is 2.09. The average molecular weight is 303 g/mol. The maximum Gasteiger partial charge on any atom is 0.287 e. The van der Waals surface area contributed by atoms with Crippen molar-refractivity contribution in [3.63, 3.8) is 0 Å². The highest BCUT2D eigenvalue weighted by molar-refractivity contribution is 5.91. The molecule has 0 bridgehead atoms. The van der Waals surface area contributed by atoms with E-state index in [4.69, 9.17) is 13.9 Å². The van der Waals surface area contributed by atoms with Crippen molar-refractivity contribution in [2.24, 2.45) is 0 Å². The number of methoxy groups -OCH3 is 1. The van der Waals surface area contributed by atoms with Crippen LogP contribution in [0.25, 0.3) is 0 Å². The van der Waals surface area contributed by atoms with Gasteiger partial charge in [0.05, 0.1) is 7.11 Å². The molecule has 0 radical (unpaired) electrons. The van der Waals surface area contributed by atoms with Gasteiger partial charge in [0.15, 0.2) is 5.76 Å². The average Bonchev–Trinajstić information content (AvgIpc) is 3.02. The number of rotatable bonds is 7. The first-order valence-corrected chi connectivity index (χ1v) is 7.28. The molecule has 0 saturated carbocycles. The molecule has 0 aliphatic heterocycles. The van der Waals surface area contributed by atoms with Crippen molar-refractivity contribution in [2.45, 2.75) is 32.9 Å². The molecule has 0 spiro atoms. The molecule has 1 aromatic heterocycles. The lowest BCUT2D eigenvalue weighted by atomic mass is 10.2. The van der Waals surface area contributed by atoms with Crippen LogP contribution in [0.4, 0.5) is 0 Å². The first kappa shape index (κ1) is 15.9. The van der Waals surface area contributed by atoms with Gasteiger partial charge in [0, 0.05) is 12.1 Å². The van der Waals surface area contributed by atoms with Gasteiger partial charge in [-0.1, -0.05) is 13.0 Å². The van der Waals surface area contributed by atoms with Gasteiger partial charge in [-0.05, 0) is 37.6 Å². The molecule has 5 heteroatoms. The van der Waals surface area contributed by atoms with Gasteiger partial charge in [0.25, 0.3) is 5.91 Å². The van der Waals surface area contributed by atoms with Gasteiger partial charge in [-0.15, -0.1) is 0 Å². The summed E-state index contributed by atoms with van der Waals surface area (Å²) < 4.78 is 16.3. The zero-order valence-electron chi connectivity index (χ0n) is 13.1. The summed E-state index contributed by atoms with van der Waals surface area (Å²) in [6, 6.07) is 10.8. The van der Waals surface area contributed by atoms with Crippen molar-refractivity contribution < 1.29 is 18.7 Å². The Morgan fingerprint density at radius 3 is 2.77 bits per heavy atom. The van der Waals surface area contributed by atoms with E-state index in [0.717, 1.165) is 12.2 Å². The molecule has 118 valence electrons. The van der Waals surface area contributed by atoms with Crippen LogP contribution in [0, 0.1) is 0 Å². The van der Waals surface area contributed by atoms with Crippen LogP contribution in [-0.2, 0) is 6.61 Å². The Morgan fingerprint density at radius 2 is 2.05 bits per heavy atom. The van der Waals surface area contributed by atoms with Gasteiger partial charge in [0.1, 0.15) is 23.9 Å². The third-order valence-electron chi connectivity index (χ3n) is 3.30. The van der Waals surface area contributed by atoms with Crippen LogP contribution in [0.2, 0.25) is 0 Å². The standard InChI is InChI=1S/C17H21NO4/c1-4-12(2)18-17(19)16-9-8-15(22-16)11-21-14-7-5-6-13(10-14)20-3/h5-10,12H,4,11H2,1-3H3,(H,18,19). The highest BCUT2D eigenvalue weighted by Crippen LogP contribution is 2.20. The van der Waals surface area contributed by atoms with E-state index in [1.807, 2.05) is 32.0 Å². The number of carbonyl (C=O) groups is 1. The lowest BCUT2D eigenvalue weighted by molar-refractivity contribution is 0.0907. The maximum absolute atomic E-state index is 11.9. The van der Waals surface area contributed by atoms with Crippen molar-refractivity contribution in [3.05, 3.63) is 47.9 Å². The van der Waals surface area contributed by atoms with Gasteiger partial charge in [-0.2, -0.15) is 0 Å². The quantitative estimate of drug-likeness (QED) is 0.851. The second kappa shape index (κ2) is 7.54. The Morgan fingerprint density at radius 1 is 1.27 bits per heavy atom. The fourth-order valence-electron chi connectivity index (χ4n) is 1.82. The molecule has 2 aromatic rings. The third-order valence-corrected chi connectivity index (χ3v) is 3.30. The summed E-state index contributed by atoms with van der Waals surface area (Å²) in [6.45, 7) is 4.22. The predicted octanol–water partition coefficient (Wildman–Crippen LogP) is 3.40. The summed E-state index contributed by atoms with van der Waals surface area (Å²) in [4.78, 5) is 11.9. The molecule has 22 heavy (non-hydrogen) atoms. The minimum Gasteiger partial charge on any atom is -0.497 e. The molecule has 1 unspecified atom stereocenters. The van der Waals surface area contributed by atoms with Crippen LogP contribution in [0.15, 0.2) is 40.8 Å². The monoisotopic (exact) mass is 303 g/mol. The number of nitrogens with one attached hydrogen (secondary N) is 1. The molecule has 2 rings (SSSR count). The fourth-order valence-corrected chi connectivity index (χ4v) is 1.82. The van der Waals surface area contributed by atoms with Crippen molar-refractivity contribution in [1.82, 2.24) is 5.32 Å². The van der Waals surface area contributed by atoms with E-state index in [-0.39, 0.29) is 18.6 Å². The normalized spacial score (nSPS) is 11.8. The molecule has 0 fully saturated rings. The van der Waals surface area contributed by atoms with E-state index in [2.05, 4.69) is 5.32 Å². The molecule has 0 aliphatic rings. The molecule has 0 aliphatic carbocycles. The zero-order chi connectivity index (χ0) is 15.9. The Kier molecular flexibility index (Phi) is 5.47. The Hall–Kier alpha value is -2.43. The number of amides is 1. The molecular weight excluding hydrogens is 282 g/mol. The lowest BCUT2D eigenvalue weighted by Gasteiger charge is -2.09. The van der Waals surface area contributed by atoms with Gasteiger partial charge in [-0.3, -0.25) is 4.79 Å². The van der Waals surface area contributed by atoms with Crippen LogP contribution < -0.4 is 14.8 Å². The van der Waals surface area contributed by atoms with E-state index in [1.54, 1.807) is 25.3 Å². The highest BCUT2D eigenvalue weighted by Gasteiger charge is 2.13. The van der Waals surface area contributed by atoms with Gasteiger partial charge in [-0.25, -0.2) is 0 Å². The molecular formula is C17H21NO4. The predicted molar refractivity (Wildman–Crippen MR) is 83.3 cm³/mol. The molecule has 1 N–H and O–H groups in total. The zero-order valence-corrected chi connectivity index (χ0v) is 13.1. The van der Waals surface area contributed by atoms with Crippen molar-refractivity contribution in [1.29, 1.82) is 0 Å². The number of carbonyl (C=O) groups excluding carboxylic acids is 1. The van der Waals surface area contributed by atoms with E-state index in [0.29, 0.717) is 17.3 Å². The largest absolute Gasteiger partial charge is 0.497 e. The Bertz CT molecular complexity index is 621. The van der Waals surface area contributed by atoms with Crippen molar-refractivity contribution in [2.75, 3.05) is 7.11 Å². The molecule has 1 amide bonds. The van der Waals surface area contributed by atoms with Gasteiger partial charge in [0.2, 0.25) is 0 Å². The number of furan rings is 1. The smallest absolute Gasteiger partial charge is 0.287 e. The first-order chi connectivity index (χ1) is 10.6. The van der Waals surface area contributed by atoms with Gasteiger partial charge >= 0.3 is 0 Å². The summed E-state index contributed by atoms with van der Waals surface area (Å²) in [6.07, 6.45) is 0.873. The van der Waals surface area contributed by atoms with Crippen molar-refractivity contribution >= 4 is 5.91 Å². The van der Waals surface area contributed by atoms with Gasteiger partial charge < -0.3 is 19.2 Å². The highest BCUT2D eigenvalue weighted by atomic mass is 16.5. The molecule has 0 saturated heterocycles. The molecule has 1 aromatic carbocycles. The number of hydrogen-bond acceptors (Lipinski definition) is 4. The Balaban J connectivity index is 1.93. The second-order valence-corrected chi connectivity index (χ2v) is 5.02. The minimum absolute atomic E-state index is 0.120. The maximum atomic E-state index is 11.9. The van der Waals surface area contributed by atoms with E-state index >= 15 is 0 Å². The van der Waals surface area contributed by atoms with E-state index in [9.17, 15) is 4.79 Å². The molecule has 5 nitrogen and oxygen atoms in total. The Labute approximate surface area is 130 Å². The fraction of sp³-hybridized carbons (Fsp3) is 0.353. The van der Waals surface area contributed by atoms with Crippen LogP contribution in [0.3, 0.4) is 0 Å². The summed E-state index contributed by atoms with van der Waals surface area (Å²) in [5.41, 5.74) is 0. The lowest BCUT2D eigenvalue weighted by Crippen LogP contribution is -2.31. The van der Waals surface area contributed by atoms with Crippen LogP contribution in [0.5, 0.6) is 11.5 Å². The summed E-state index contributed by atoms with van der Waals surface area (Å²) in [7, 11) is 1.60.